The van der Waals surface area contributed by atoms with Crippen LogP contribution in [-0.4, -0.2) is 24.0 Å². The lowest BCUT2D eigenvalue weighted by atomic mass is 10.1. The molecule has 0 bridgehead atoms. The van der Waals surface area contributed by atoms with E-state index in [4.69, 9.17) is 27.9 Å². The standard InChI is InChI=1S/C29H21Cl2N3O4/c30-22-12-15-24(25(31)17-22)29(37)33-23-13-10-20(11-14-23)28(36)34-32-18-21-8-4-5-9-26(21)38-27(35)16-19-6-2-1-3-7-19/h1-15,17-18H,16H2,(H,33,37)(H,34,36)/b32-18-. The van der Waals surface area contributed by atoms with Gasteiger partial charge in [-0.1, -0.05) is 65.7 Å². The third-order valence-electron chi connectivity index (χ3n) is 5.28. The van der Waals surface area contributed by atoms with E-state index in [2.05, 4.69) is 15.8 Å². The van der Waals surface area contributed by atoms with Crippen molar-refractivity contribution in [2.24, 2.45) is 5.10 Å². The summed E-state index contributed by atoms with van der Waals surface area (Å²) in [6.07, 6.45) is 1.53. The minimum Gasteiger partial charge on any atom is -0.426 e. The van der Waals surface area contributed by atoms with Gasteiger partial charge in [-0.3, -0.25) is 14.4 Å². The molecule has 0 radical (unpaired) electrons. The highest BCUT2D eigenvalue weighted by molar-refractivity contribution is 6.37. The molecule has 0 saturated carbocycles. The Kier molecular flexibility index (Phi) is 8.87. The molecule has 0 unspecified atom stereocenters. The lowest BCUT2D eigenvalue weighted by Crippen LogP contribution is -2.18. The molecule has 0 saturated heterocycles. The van der Waals surface area contributed by atoms with Gasteiger partial charge in [-0.2, -0.15) is 5.10 Å². The Hall–Kier alpha value is -4.46. The van der Waals surface area contributed by atoms with Crippen molar-refractivity contribution in [1.29, 1.82) is 0 Å². The van der Waals surface area contributed by atoms with Crippen molar-refractivity contribution < 1.29 is 19.1 Å². The SMILES string of the molecule is O=C(Cc1ccccc1)Oc1ccccc1/C=N\NC(=O)c1ccc(NC(=O)c2ccc(Cl)cc2Cl)cc1. The number of ether oxygens (including phenoxy) is 1. The highest BCUT2D eigenvalue weighted by Crippen LogP contribution is 2.22. The molecule has 2 amide bonds. The Balaban J connectivity index is 1.33. The fraction of sp³-hybridized carbons (Fsp3) is 0.0345. The molecule has 0 heterocycles. The number of hydrogen-bond donors (Lipinski definition) is 2. The molecule has 0 aliphatic carbocycles. The summed E-state index contributed by atoms with van der Waals surface area (Å²) in [5.41, 5.74) is 4.88. The zero-order chi connectivity index (χ0) is 26.9. The van der Waals surface area contributed by atoms with E-state index in [1.54, 1.807) is 54.6 Å². The average Bonchev–Trinajstić information content (AvgIpc) is 2.90. The molecule has 0 aliphatic rings. The van der Waals surface area contributed by atoms with Crippen molar-refractivity contribution in [3.05, 3.63) is 129 Å². The van der Waals surface area contributed by atoms with Gasteiger partial charge in [-0.05, 0) is 60.2 Å². The van der Waals surface area contributed by atoms with Crippen LogP contribution in [0.15, 0.2) is 102 Å². The van der Waals surface area contributed by atoms with Crippen molar-refractivity contribution in [3.63, 3.8) is 0 Å². The summed E-state index contributed by atoms with van der Waals surface area (Å²) in [5.74, 6) is -0.950. The van der Waals surface area contributed by atoms with Gasteiger partial charge in [0.2, 0.25) is 0 Å². The number of halogens is 2. The predicted octanol–water partition coefficient (Wildman–Crippen LogP) is 6.16. The summed E-state index contributed by atoms with van der Waals surface area (Å²) in [5, 5.41) is 7.36. The number of hydrogen-bond acceptors (Lipinski definition) is 5. The second-order valence-electron chi connectivity index (χ2n) is 8.03. The normalized spacial score (nSPS) is 10.7. The van der Waals surface area contributed by atoms with Gasteiger partial charge in [0, 0.05) is 21.8 Å². The highest BCUT2D eigenvalue weighted by Gasteiger charge is 2.12. The lowest BCUT2D eigenvalue weighted by Gasteiger charge is -2.08. The van der Waals surface area contributed by atoms with Crippen LogP contribution in [0.4, 0.5) is 5.69 Å². The summed E-state index contributed by atoms with van der Waals surface area (Å²) in [6, 6.07) is 27.0. The first kappa shape index (κ1) is 26.6. The number of rotatable bonds is 8. The smallest absolute Gasteiger partial charge is 0.315 e. The molecule has 0 aromatic heterocycles. The number of amides is 2. The minimum atomic E-state index is -0.460. The number of anilines is 1. The maximum Gasteiger partial charge on any atom is 0.315 e. The zero-order valence-corrected chi connectivity index (χ0v) is 21.4. The van der Waals surface area contributed by atoms with Gasteiger partial charge in [0.25, 0.3) is 11.8 Å². The van der Waals surface area contributed by atoms with Gasteiger partial charge in [-0.25, -0.2) is 5.43 Å². The van der Waals surface area contributed by atoms with Gasteiger partial charge in [0.1, 0.15) is 5.75 Å². The number of nitrogens with one attached hydrogen (secondary N) is 2. The van der Waals surface area contributed by atoms with Crippen LogP contribution in [0.3, 0.4) is 0 Å². The Morgan fingerprint density at radius 3 is 2.26 bits per heavy atom. The third kappa shape index (κ3) is 7.29. The minimum absolute atomic E-state index is 0.131. The third-order valence-corrected chi connectivity index (χ3v) is 5.83. The zero-order valence-electron chi connectivity index (χ0n) is 19.9. The van der Waals surface area contributed by atoms with Crippen molar-refractivity contribution in [1.82, 2.24) is 5.43 Å². The molecule has 190 valence electrons. The Bertz CT molecular complexity index is 1490. The van der Waals surface area contributed by atoms with Crippen molar-refractivity contribution >= 4 is 52.9 Å². The molecule has 9 heteroatoms. The molecular formula is C29H21Cl2N3O4. The van der Waals surface area contributed by atoms with Crippen LogP contribution in [0.5, 0.6) is 5.75 Å². The number of para-hydroxylation sites is 1. The van der Waals surface area contributed by atoms with E-state index in [0.717, 1.165) is 5.56 Å². The molecule has 0 fully saturated rings. The van der Waals surface area contributed by atoms with Crippen LogP contribution >= 0.6 is 23.2 Å². The Labute approximate surface area is 229 Å². The Morgan fingerprint density at radius 1 is 0.816 bits per heavy atom. The Morgan fingerprint density at radius 2 is 1.53 bits per heavy atom. The first-order chi connectivity index (χ1) is 18.4. The van der Waals surface area contributed by atoms with Gasteiger partial charge in [-0.15, -0.1) is 0 Å². The van der Waals surface area contributed by atoms with E-state index in [1.807, 2.05) is 30.3 Å². The quantitative estimate of drug-likeness (QED) is 0.120. The van der Waals surface area contributed by atoms with E-state index >= 15 is 0 Å². The number of carbonyl (C=O) groups is 3. The summed E-state index contributed by atoms with van der Waals surface area (Å²) in [7, 11) is 0. The van der Waals surface area contributed by atoms with Crippen LogP contribution in [0.25, 0.3) is 0 Å². The molecule has 0 spiro atoms. The van der Waals surface area contributed by atoms with E-state index < -0.39 is 17.8 Å². The van der Waals surface area contributed by atoms with Crippen molar-refractivity contribution in [2.45, 2.75) is 6.42 Å². The number of carbonyl (C=O) groups excluding carboxylic acids is 3. The van der Waals surface area contributed by atoms with E-state index in [9.17, 15) is 14.4 Å². The topological polar surface area (TPSA) is 96.9 Å². The van der Waals surface area contributed by atoms with Crippen LogP contribution in [0.2, 0.25) is 10.0 Å². The van der Waals surface area contributed by atoms with E-state index in [0.29, 0.717) is 27.6 Å². The summed E-state index contributed by atoms with van der Waals surface area (Å²) in [6.45, 7) is 0. The second kappa shape index (κ2) is 12.7. The lowest BCUT2D eigenvalue weighted by molar-refractivity contribution is -0.133. The maximum atomic E-state index is 12.5. The molecule has 0 atom stereocenters. The molecule has 2 N–H and O–H groups in total. The molecule has 7 nitrogen and oxygen atoms in total. The summed E-state index contributed by atoms with van der Waals surface area (Å²) < 4.78 is 5.49. The van der Waals surface area contributed by atoms with Gasteiger partial charge < -0.3 is 10.1 Å². The maximum absolute atomic E-state index is 12.5. The predicted molar refractivity (Wildman–Crippen MR) is 148 cm³/mol. The fourth-order valence-corrected chi connectivity index (χ4v) is 3.90. The number of hydrazone groups is 1. The molecule has 4 aromatic rings. The monoisotopic (exact) mass is 545 g/mol. The number of nitrogens with zero attached hydrogens (tertiary/aromatic N) is 1. The number of benzene rings is 4. The molecule has 38 heavy (non-hydrogen) atoms. The highest BCUT2D eigenvalue weighted by atomic mass is 35.5. The van der Waals surface area contributed by atoms with Crippen molar-refractivity contribution in [3.8, 4) is 5.75 Å². The molecule has 4 rings (SSSR count). The summed E-state index contributed by atoms with van der Waals surface area (Å²) in [4.78, 5) is 37.3. The van der Waals surface area contributed by atoms with E-state index in [-0.39, 0.29) is 17.0 Å². The fourth-order valence-electron chi connectivity index (χ4n) is 3.40. The van der Waals surface area contributed by atoms with Crippen molar-refractivity contribution in [2.75, 3.05) is 5.32 Å². The second-order valence-corrected chi connectivity index (χ2v) is 8.87. The van der Waals surface area contributed by atoms with Gasteiger partial charge in [0.05, 0.1) is 23.2 Å². The van der Waals surface area contributed by atoms with Gasteiger partial charge >= 0.3 is 5.97 Å². The molecule has 4 aromatic carbocycles. The van der Waals surface area contributed by atoms with Crippen LogP contribution < -0.4 is 15.5 Å². The first-order valence-corrected chi connectivity index (χ1v) is 12.2. The van der Waals surface area contributed by atoms with Crippen LogP contribution in [0.1, 0.15) is 31.8 Å². The van der Waals surface area contributed by atoms with E-state index in [1.165, 1.54) is 18.3 Å². The molecular weight excluding hydrogens is 525 g/mol. The van der Waals surface area contributed by atoms with Gasteiger partial charge in [0.15, 0.2) is 0 Å². The average molecular weight is 546 g/mol. The van der Waals surface area contributed by atoms with Crippen LogP contribution in [0, 0.1) is 0 Å². The number of esters is 1. The first-order valence-electron chi connectivity index (χ1n) is 11.4. The largest absolute Gasteiger partial charge is 0.426 e. The summed E-state index contributed by atoms with van der Waals surface area (Å²) >= 11 is 12.0. The van der Waals surface area contributed by atoms with Crippen LogP contribution in [-0.2, 0) is 11.2 Å². The molecule has 0 aliphatic heterocycles.